The summed E-state index contributed by atoms with van der Waals surface area (Å²) in [6, 6.07) is 0.127. The summed E-state index contributed by atoms with van der Waals surface area (Å²) in [6.07, 6.45) is 5.47. The van der Waals surface area contributed by atoms with Crippen molar-refractivity contribution in [3.8, 4) is 0 Å². The topological polar surface area (TPSA) is 58.2 Å². The molecule has 1 heterocycles. The van der Waals surface area contributed by atoms with Crippen LogP contribution in [0, 0.1) is 11.8 Å². The molecule has 2 unspecified atom stereocenters. The van der Waals surface area contributed by atoms with Gasteiger partial charge in [-0.3, -0.25) is 0 Å². The number of hydrogen-bond acceptors (Lipinski definition) is 3. The van der Waals surface area contributed by atoms with Crippen molar-refractivity contribution in [1.82, 2.24) is 10.0 Å². The van der Waals surface area contributed by atoms with Crippen LogP contribution in [-0.2, 0) is 10.0 Å². The standard InChI is InChI=1S/C12H24N2O2S/c1-10-9-13-7-5-12(10)14-17(15,16)8-6-11-3-2-4-11/h10-14H,2-9H2,1H3. The predicted octanol–water partition coefficient (Wildman–Crippen LogP) is 1.09. The molecule has 100 valence electrons. The zero-order valence-electron chi connectivity index (χ0n) is 10.6. The number of nitrogens with one attached hydrogen (secondary N) is 2. The van der Waals surface area contributed by atoms with Gasteiger partial charge in [-0.15, -0.1) is 0 Å². The fourth-order valence-corrected chi connectivity index (χ4v) is 4.15. The van der Waals surface area contributed by atoms with Crippen LogP contribution in [0.2, 0.25) is 0 Å². The molecule has 1 aliphatic carbocycles. The van der Waals surface area contributed by atoms with Crippen molar-refractivity contribution >= 4 is 10.0 Å². The Bertz CT molecular complexity index is 338. The van der Waals surface area contributed by atoms with Crippen LogP contribution in [0.15, 0.2) is 0 Å². The van der Waals surface area contributed by atoms with Gasteiger partial charge in [-0.2, -0.15) is 0 Å². The van der Waals surface area contributed by atoms with Crippen LogP contribution in [0.25, 0.3) is 0 Å². The minimum atomic E-state index is -3.06. The van der Waals surface area contributed by atoms with Crippen molar-refractivity contribution in [2.75, 3.05) is 18.8 Å². The van der Waals surface area contributed by atoms with Gasteiger partial charge in [-0.05, 0) is 37.8 Å². The Labute approximate surface area is 105 Å². The average Bonchev–Trinajstić information content (AvgIpc) is 2.18. The third-order valence-corrected chi connectivity index (χ3v) is 5.57. The van der Waals surface area contributed by atoms with Crippen molar-refractivity contribution in [3.63, 3.8) is 0 Å². The highest BCUT2D eigenvalue weighted by Crippen LogP contribution is 2.29. The zero-order valence-corrected chi connectivity index (χ0v) is 11.4. The number of rotatable bonds is 5. The Morgan fingerprint density at radius 2 is 2.06 bits per heavy atom. The Hall–Kier alpha value is -0.130. The second-order valence-electron chi connectivity index (χ2n) is 5.60. The van der Waals surface area contributed by atoms with Gasteiger partial charge in [0, 0.05) is 6.04 Å². The third kappa shape index (κ3) is 3.93. The maximum Gasteiger partial charge on any atom is 0.211 e. The Morgan fingerprint density at radius 1 is 1.29 bits per heavy atom. The van der Waals surface area contributed by atoms with Crippen molar-refractivity contribution in [2.24, 2.45) is 11.8 Å². The lowest BCUT2D eigenvalue weighted by molar-refractivity contribution is 0.304. The Kier molecular flexibility index (Phi) is 4.44. The first kappa shape index (κ1) is 13.3. The van der Waals surface area contributed by atoms with Crippen molar-refractivity contribution in [3.05, 3.63) is 0 Å². The molecule has 0 amide bonds. The molecular weight excluding hydrogens is 236 g/mol. The van der Waals surface area contributed by atoms with E-state index in [1.54, 1.807) is 0 Å². The number of hydrogen-bond donors (Lipinski definition) is 2. The molecule has 1 saturated carbocycles. The first-order valence-electron chi connectivity index (χ1n) is 6.77. The summed E-state index contributed by atoms with van der Waals surface area (Å²) in [5, 5.41) is 3.28. The van der Waals surface area contributed by atoms with Gasteiger partial charge in [0.15, 0.2) is 0 Å². The summed E-state index contributed by atoms with van der Waals surface area (Å²) < 4.78 is 26.8. The van der Waals surface area contributed by atoms with Gasteiger partial charge >= 0.3 is 0 Å². The molecule has 0 spiro atoms. The minimum Gasteiger partial charge on any atom is -0.316 e. The molecule has 4 nitrogen and oxygen atoms in total. The van der Waals surface area contributed by atoms with Crippen LogP contribution < -0.4 is 10.0 Å². The lowest BCUT2D eigenvalue weighted by Crippen LogP contribution is -2.48. The lowest BCUT2D eigenvalue weighted by atomic mass is 9.84. The molecule has 1 saturated heterocycles. The molecular formula is C12H24N2O2S. The number of sulfonamides is 1. The van der Waals surface area contributed by atoms with Gasteiger partial charge in [-0.1, -0.05) is 26.2 Å². The molecule has 2 aliphatic rings. The van der Waals surface area contributed by atoms with E-state index < -0.39 is 10.0 Å². The summed E-state index contributed by atoms with van der Waals surface area (Å²) in [6.45, 7) is 3.93. The summed E-state index contributed by atoms with van der Waals surface area (Å²) in [7, 11) is -3.06. The zero-order chi connectivity index (χ0) is 12.3. The fourth-order valence-electron chi connectivity index (χ4n) is 2.58. The lowest BCUT2D eigenvalue weighted by Gasteiger charge is -2.30. The molecule has 2 N–H and O–H groups in total. The largest absolute Gasteiger partial charge is 0.316 e. The van der Waals surface area contributed by atoms with E-state index in [4.69, 9.17) is 0 Å². The molecule has 0 aromatic rings. The highest BCUT2D eigenvalue weighted by atomic mass is 32.2. The van der Waals surface area contributed by atoms with E-state index in [9.17, 15) is 8.42 Å². The van der Waals surface area contributed by atoms with E-state index >= 15 is 0 Å². The van der Waals surface area contributed by atoms with Crippen LogP contribution >= 0.6 is 0 Å². The summed E-state index contributed by atoms with van der Waals surface area (Å²) in [5.74, 6) is 1.37. The SMILES string of the molecule is CC1CNCCC1NS(=O)(=O)CCC1CCC1. The van der Waals surface area contributed by atoms with E-state index in [1.165, 1.54) is 19.3 Å². The van der Waals surface area contributed by atoms with Gasteiger partial charge in [0.05, 0.1) is 5.75 Å². The van der Waals surface area contributed by atoms with E-state index in [2.05, 4.69) is 17.0 Å². The van der Waals surface area contributed by atoms with Crippen molar-refractivity contribution in [2.45, 2.75) is 45.1 Å². The third-order valence-electron chi connectivity index (χ3n) is 4.14. The monoisotopic (exact) mass is 260 g/mol. The predicted molar refractivity (Wildman–Crippen MR) is 69.3 cm³/mol. The van der Waals surface area contributed by atoms with Crippen LogP contribution in [0.5, 0.6) is 0 Å². The van der Waals surface area contributed by atoms with Gasteiger partial charge in [0.2, 0.25) is 10.0 Å². The molecule has 2 rings (SSSR count). The second-order valence-corrected chi connectivity index (χ2v) is 7.47. The summed E-state index contributed by atoms with van der Waals surface area (Å²) >= 11 is 0. The first-order valence-corrected chi connectivity index (χ1v) is 8.43. The van der Waals surface area contributed by atoms with E-state index in [0.29, 0.717) is 17.6 Å². The van der Waals surface area contributed by atoms with Crippen LogP contribution in [0.3, 0.4) is 0 Å². The van der Waals surface area contributed by atoms with Crippen LogP contribution in [-0.4, -0.2) is 33.3 Å². The fraction of sp³-hybridized carbons (Fsp3) is 1.00. The molecule has 17 heavy (non-hydrogen) atoms. The highest BCUT2D eigenvalue weighted by molar-refractivity contribution is 7.89. The minimum absolute atomic E-state index is 0.127. The number of piperidine rings is 1. The molecule has 0 aromatic carbocycles. The maximum atomic E-state index is 12.0. The van der Waals surface area contributed by atoms with Crippen LogP contribution in [0.4, 0.5) is 0 Å². The van der Waals surface area contributed by atoms with E-state index in [1.807, 2.05) is 0 Å². The van der Waals surface area contributed by atoms with Crippen molar-refractivity contribution < 1.29 is 8.42 Å². The van der Waals surface area contributed by atoms with Crippen LogP contribution in [0.1, 0.15) is 39.0 Å². The van der Waals surface area contributed by atoms with Gasteiger partial charge < -0.3 is 5.32 Å². The maximum absolute atomic E-state index is 12.0. The van der Waals surface area contributed by atoms with Gasteiger partial charge in [0.1, 0.15) is 0 Å². The Morgan fingerprint density at radius 3 is 2.65 bits per heavy atom. The molecule has 0 bridgehead atoms. The molecule has 0 radical (unpaired) electrons. The summed E-state index contributed by atoms with van der Waals surface area (Å²) in [4.78, 5) is 0. The smallest absolute Gasteiger partial charge is 0.211 e. The van der Waals surface area contributed by atoms with E-state index in [-0.39, 0.29) is 6.04 Å². The summed E-state index contributed by atoms with van der Waals surface area (Å²) in [5.41, 5.74) is 0. The quantitative estimate of drug-likeness (QED) is 0.778. The molecule has 1 aliphatic heterocycles. The van der Waals surface area contributed by atoms with Crippen molar-refractivity contribution in [1.29, 1.82) is 0 Å². The average molecular weight is 260 g/mol. The second kappa shape index (κ2) is 5.67. The van der Waals surface area contributed by atoms with Gasteiger partial charge in [0.25, 0.3) is 0 Å². The van der Waals surface area contributed by atoms with Gasteiger partial charge in [-0.25, -0.2) is 13.1 Å². The molecule has 0 aromatic heterocycles. The molecule has 5 heteroatoms. The Balaban J connectivity index is 1.78. The first-order chi connectivity index (χ1) is 8.07. The highest BCUT2D eigenvalue weighted by Gasteiger charge is 2.26. The van der Waals surface area contributed by atoms with E-state index in [0.717, 1.165) is 25.9 Å². The molecule has 2 atom stereocenters. The molecule has 2 fully saturated rings. The normalized spacial score (nSPS) is 31.1.